The minimum absolute atomic E-state index is 0.131. The van der Waals surface area contributed by atoms with Gasteiger partial charge >= 0.3 is 0 Å². The maximum atomic E-state index is 9.68. The van der Waals surface area contributed by atoms with Crippen molar-refractivity contribution in [3.8, 4) is 0 Å². The standard InChI is InChI=1S/C31H36ClN5O/c1-3-28(22-6-4-20(2)5-7-22)30-29(32)17-33-31(35-30)34-24-14-23(21-8-9-21)15-26(16-24)36-12-10-25(11-13-36)37-18-27(38)19-37/h3-7,14-17,21,25,27,38H,8-13,18-19H2,1-2H3,(H,33,34,35)/b28-3+. The Hall–Kier alpha value is -2.93. The Morgan fingerprint density at radius 2 is 1.79 bits per heavy atom. The summed E-state index contributed by atoms with van der Waals surface area (Å²) in [6.07, 6.45) is 8.39. The van der Waals surface area contributed by atoms with Crippen molar-refractivity contribution in [3.63, 3.8) is 0 Å². The molecule has 6 nitrogen and oxygen atoms in total. The van der Waals surface area contributed by atoms with Crippen LogP contribution >= 0.6 is 11.6 Å². The Bertz CT molecular complexity index is 1320. The first-order valence-corrected chi connectivity index (χ1v) is 14.2. The average molecular weight is 530 g/mol. The first-order chi connectivity index (χ1) is 18.5. The molecule has 2 aromatic carbocycles. The number of nitrogens with one attached hydrogen (secondary N) is 1. The third kappa shape index (κ3) is 5.44. The van der Waals surface area contributed by atoms with Gasteiger partial charge in [-0.3, -0.25) is 4.90 Å². The van der Waals surface area contributed by atoms with Crippen LogP contribution in [-0.4, -0.2) is 58.3 Å². The lowest BCUT2D eigenvalue weighted by Gasteiger charge is -2.45. The van der Waals surface area contributed by atoms with E-state index in [1.807, 2.05) is 6.92 Å². The quantitative estimate of drug-likeness (QED) is 0.382. The van der Waals surface area contributed by atoms with Gasteiger partial charge in [-0.05, 0) is 74.8 Å². The van der Waals surface area contributed by atoms with E-state index in [1.54, 1.807) is 6.20 Å². The van der Waals surface area contributed by atoms with Gasteiger partial charge in [-0.15, -0.1) is 0 Å². The van der Waals surface area contributed by atoms with Crippen LogP contribution in [-0.2, 0) is 0 Å². The number of allylic oxidation sites excluding steroid dienone is 1. The van der Waals surface area contributed by atoms with Crippen molar-refractivity contribution in [1.29, 1.82) is 0 Å². The molecule has 1 aromatic heterocycles. The van der Waals surface area contributed by atoms with Crippen LogP contribution in [0.2, 0.25) is 5.02 Å². The highest BCUT2D eigenvalue weighted by molar-refractivity contribution is 6.32. The van der Waals surface area contributed by atoms with Crippen LogP contribution < -0.4 is 10.2 Å². The zero-order valence-corrected chi connectivity index (χ0v) is 23.0. The second-order valence-corrected chi connectivity index (χ2v) is 11.4. The first-order valence-electron chi connectivity index (χ1n) is 13.8. The number of aryl methyl sites for hydroxylation is 1. The van der Waals surface area contributed by atoms with E-state index in [0.717, 1.165) is 61.5 Å². The average Bonchev–Trinajstić information content (AvgIpc) is 3.76. The van der Waals surface area contributed by atoms with E-state index in [0.29, 0.717) is 22.9 Å². The van der Waals surface area contributed by atoms with Crippen molar-refractivity contribution in [2.75, 3.05) is 36.4 Å². The van der Waals surface area contributed by atoms with Crippen LogP contribution in [0.1, 0.15) is 60.9 Å². The summed E-state index contributed by atoms with van der Waals surface area (Å²) in [5.41, 5.74) is 7.69. The van der Waals surface area contributed by atoms with Crippen LogP contribution in [0.3, 0.4) is 0 Å². The zero-order chi connectivity index (χ0) is 26.2. The first kappa shape index (κ1) is 25.4. The molecule has 3 fully saturated rings. The number of anilines is 3. The second kappa shape index (κ2) is 10.7. The van der Waals surface area contributed by atoms with Gasteiger partial charge in [0.2, 0.25) is 5.95 Å². The van der Waals surface area contributed by atoms with Gasteiger partial charge < -0.3 is 15.3 Å². The molecule has 0 radical (unpaired) electrons. The number of halogens is 1. The number of aromatic nitrogens is 2. The van der Waals surface area contributed by atoms with Gasteiger partial charge in [0.1, 0.15) is 0 Å². The number of aliphatic hydroxyl groups is 1. The van der Waals surface area contributed by atoms with Crippen molar-refractivity contribution < 1.29 is 5.11 Å². The summed E-state index contributed by atoms with van der Waals surface area (Å²) in [6, 6.07) is 15.9. The van der Waals surface area contributed by atoms with E-state index in [4.69, 9.17) is 16.6 Å². The highest BCUT2D eigenvalue weighted by Gasteiger charge is 2.33. The SMILES string of the molecule is C/C=C(\c1ccc(C)cc1)c1nc(Nc2cc(C3CC3)cc(N3CCC(N4CC(O)C4)CC3)c2)ncc1Cl. The molecule has 7 heteroatoms. The van der Waals surface area contributed by atoms with Crippen LogP contribution in [0.5, 0.6) is 0 Å². The third-order valence-electron chi connectivity index (χ3n) is 8.13. The van der Waals surface area contributed by atoms with Gasteiger partial charge in [-0.25, -0.2) is 9.97 Å². The van der Waals surface area contributed by atoms with E-state index < -0.39 is 0 Å². The highest BCUT2D eigenvalue weighted by atomic mass is 35.5. The van der Waals surface area contributed by atoms with Crippen LogP contribution in [0.4, 0.5) is 17.3 Å². The summed E-state index contributed by atoms with van der Waals surface area (Å²) < 4.78 is 0. The Labute approximate surface area is 230 Å². The van der Waals surface area contributed by atoms with Gasteiger partial charge in [-0.1, -0.05) is 47.5 Å². The molecule has 3 aromatic rings. The summed E-state index contributed by atoms with van der Waals surface area (Å²) in [4.78, 5) is 14.3. The molecule has 2 saturated heterocycles. The lowest BCUT2D eigenvalue weighted by molar-refractivity contribution is -0.0300. The monoisotopic (exact) mass is 529 g/mol. The number of β-amino-alcohol motifs (C(OH)–C–C–N with tert-alkyl or cyclic N) is 1. The number of hydrogen-bond acceptors (Lipinski definition) is 6. The van der Waals surface area contributed by atoms with Crippen LogP contribution in [0.15, 0.2) is 54.7 Å². The third-order valence-corrected chi connectivity index (χ3v) is 8.41. The smallest absolute Gasteiger partial charge is 0.227 e. The van der Waals surface area contributed by atoms with Crippen molar-refractivity contribution in [3.05, 3.63) is 82.1 Å². The molecule has 3 heterocycles. The molecular weight excluding hydrogens is 494 g/mol. The number of likely N-dealkylation sites (tertiary alicyclic amines) is 1. The predicted octanol–water partition coefficient (Wildman–Crippen LogP) is 6.16. The zero-order valence-electron chi connectivity index (χ0n) is 22.2. The predicted molar refractivity (Wildman–Crippen MR) is 155 cm³/mol. The van der Waals surface area contributed by atoms with Gasteiger partial charge in [-0.2, -0.15) is 0 Å². The minimum Gasteiger partial charge on any atom is -0.390 e. The van der Waals surface area contributed by atoms with Gasteiger partial charge in [0, 0.05) is 49.2 Å². The number of piperidine rings is 1. The van der Waals surface area contributed by atoms with Gasteiger partial charge in [0.15, 0.2) is 0 Å². The number of aliphatic hydroxyl groups excluding tert-OH is 1. The number of hydrogen-bond donors (Lipinski definition) is 2. The largest absolute Gasteiger partial charge is 0.390 e. The van der Waals surface area contributed by atoms with E-state index in [9.17, 15) is 5.11 Å². The highest BCUT2D eigenvalue weighted by Crippen LogP contribution is 2.43. The summed E-state index contributed by atoms with van der Waals surface area (Å²) in [5, 5.41) is 13.7. The lowest BCUT2D eigenvalue weighted by atomic mass is 9.97. The molecule has 2 aliphatic heterocycles. The molecule has 38 heavy (non-hydrogen) atoms. The van der Waals surface area contributed by atoms with Crippen LogP contribution in [0, 0.1) is 6.92 Å². The Balaban J connectivity index is 1.23. The summed E-state index contributed by atoms with van der Waals surface area (Å²) in [6.45, 7) is 7.83. The fourth-order valence-electron chi connectivity index (χ4n) is 5.74. The Kier molecular flexibility index (Phi) is 7.12. The van der Waals surface area contributed by atoms with Crippen molar-refractivity contribution in [2.45, 2.75) is 57.6 Å². The summed E-state index contributed by atoms with van der Waals surface area (Å²) in [7, 11) is 0. The topological polar surface area (TPSA) is 64.5 Å². The molecule has 0 unspecified atom stereocenters. The molecule has 6 rings (SSSR count). The maximum absolute atomic E-state index is 9.68. The normalized spacial score (nSPS) is 19.5. The van der Waals surface area contributed by atoms with Crippen molar-refractivity contribution in [1.82, 2.24) is 14.9 Å². The van der Waals surface area contributed by atoms with Crippen molar-refractivity contribution in [2.24, 2.45) is 0 Å². The molecule has 2 N–H and O–H groups in total. The summed E-state index contributed by atoms with van der Waals surface area (Å²) >= 11 is 6.59. The number of benzene rings is 2. The van der Waals surface area contributed by atoms with Gasteiger partial charge in [0.05, 0.1) is 23.0 Å². The summed E-state index contributed by atoms with van der Waals surface area (Å²) in [5.74, 6) is 1.19. The van der Waals surface area contributed by atoms with Crippen molar-refractivity contribution >= 4 is 34.5 Å². The molecule has 0 bridgehead atoms. The maximum Gasteiger partial charge on any atom is 0.227 e. The molecule has 198 valence electrons. The number of nitrogens with zero attached hydrogens (tertiary/aromatic N) is 4. The van der Waals surface area contributed by atoms with E-state index in [-0.39, 0.29) is 6.10 Å². The minimum atomic E-state index is -0.131. The van der Waals surface area contributed by atoms with E-state index in [1.165, 1.54) is 29.7 Å². The Morgan fingerprint density at radius 3 is 2.45 bits per heavy atom. The molecule has 0 amide bonds. The lowest BCUT2D eigenvalue weighted by Crippen LogP contribution is -2.57. The second-order valence-electron chi connectivity index (χ2n) is 11.0. The molecule has 1 aliphatic carbocycles. The van der Waals surface area contributed by atoms with E-state index >= 15 is 0 Å². The molecule has 0 atom stereocenters. The molecule has 1 saturated carbocycles. The fraction of sp³-hybridized carbons (Fsp3) is 0.419. The fourth-order valence-corrected chi connectivity index (χ4v) is 5.93. The van der Waals surface area contributed by atoms with Gasteiger partial charge in [0.25, 0.3) is 0 Å². The van der Waals surface area contributed by atoms with Crippen LogP contribution in [0.25, 0.3) is 5.57 Å². The van der Waals surface area contributed by atoms with E-state index in [2.05, 4.69) is 75.6 Å². The molecule has 3 aliphatic rings. The number of rotatable bonds is 7. The Morgan fingerprint density at radius 1 is 1.05 bits per heavy atom. The molecule has 0 spiro atoms. The molecular formula is C31H36ClN5O.